The lowest BCUT2D eigenvalue weighted by atomic mass is 10.3. The molecular weight excluding hydrogens is 184 g/mol. The van der Waals surface area contributed by atoms with Gasteiger partial charge in [-0.1, -0.05) is 0 Å². The first-order chi connectivity index (χ1) is 6.25. The molecule has 2 aromatic rings. The van der Waals surface area contributed by atoms with Crippen LogP contribution in [0, 0.1) is 11.7 Å². The molecular formula is C9H8N2OS. The Morgan fingerprint density at radius 2 is 2.38 bits per heavy atom. The first kappa shape index (κ1) is 8.19. The van der Waals surface area contributed by atoms with Crippen molar-refractivity contribution in [2.75, 3.05) is 0 Å². The number of hydrogen-bond donors (Lipinski definition) is 1. The minimum atomic E-state index is 0.478. The average Bonchev–Trinajstić information content (AvgIpc) is 2.53. The number of aromatic nitrogens is 2. The Morgan fingerprint density at radius 3 is 3.00 bits per heavy atom. The molecule has 0 radical (unpaired) electrons. The zero-order valence-electron chi connectivity index (χ0n) is 7.07. The van der Waals surface area contributed by atoms with Gasteiger partial charge >= 0.3 is 0 Å². The molecule has 2 heterocycles. The van der Waals surface area contributed by atoms with E-state index in [4.69, 9.17) is 16.6 Å². The molecule has 0 aliphatic carbocycles. The highest BCUT2D eigenvalue weighted by Gasteiger charge is 2.01. The second-order valence-corrected chi connectivity index (χ2v) is 3.12. The van der Waals surface area contributed by atoms with Crippen LogP contribution in [-0.2, 0) is 0 Å². The van der Waals surface area contributed by atoms with Gasteiger partial charge in [0.25, 0.3) is 0 Å². The van der Waals surface area contributed by atoms with Crippen LogP contribution < -0.4 is 0 Å². The quantitative estimate of drug-likeness (QED) is 0.706. The predicted molar refractivity (Wildman–Crippen MR) is 51.9 cm³/mol. The van der Waals surface area contributed by atoms with Crippen molar-refractivity contribution in [3.63, 3.8) is 0 Å². The number of nitrogens with zero attached hydrogens (tertiary/aromatic N) is 1. The van der Waals surface area contributed by atoms with E-state index < -0.39 is 0 Å². The molecule has 0 fully saturated rings. The Labute approximate surface area is 80.4 Å². The fourth-order valence-corrected chi connectivity index (χ4v) is 1.39. The summed E-state index contributed by atoms with van der Waals surface area (Å²) in [6, 6.07) is 5.58. The van der Waals surface area contributed by atoms with Gasteiger partial charge in [-0.3, -0.25) is 0 Å². The highest BCUT2D eigenvalue weighted by Crippen LogP contribution is 2.16. The van der Waals surface area contributed by atoms with E-state index in [0.29, 0.717) is 4.77 Å². The Bertz CT molecular complexity index is 459. The van der Waals surface area contributed by atoms with Crippen molar-refractivity contribution >= 4 is 12.2 Å². The SMILES string of the molecule is Cc1cc(-c2ccco2)nc(=S)[nH]1. The summed E-state index contributed by atoms with van der Waals surface area (Å²) < 4.78 is 5.68. The van der Waals surface area contributed by atoms with Crippen molar-refractivity contribution in [3.05, 3.63) is 34.9 Å². The van der Waals surface area contributed by atoms with E-state index in [2.05, 4.69) is 9.97 Å². The summed E-state index contributed by atoms with van der Waals surface area (Å²) in [5, 5.41) is 0. The summed E-state index contributed by atoms with van der Waals surface area (Å²) in [4.78, 5) is 7.08. The molecule has 0 saturated heterocycles. The standard InChI is InChI=1S/C9H8N2OS/c1-6-5-7(11-9(13)10-6)8-3-2-4-12-8/h2-5H,1H3,(H,10,11,13). The van der Waals surface area contributed by atoms with Gasteiger partial charge in [0.15, 0.2) is 10.5 Å². The van der Waals surface area contributed by atoms with E-state index in [0.717, 1.165) is 17.1 Å². The molecule has 0 amide bonds. The largest absolute Gasteiger partial charge is 0.463 e. The molecule has 0 unspecified atom stereocenters. The minimum Gasteiger partial charge on any atom is -0.463 e. The van der Waals surface area contributed by atoms with Crippen molar-refractivity contribution in [3.8, 4) is 11.5 Å². The first-order valence-electron chi connectivity index (χ1n) is 3.87. The number of nitrogens with one attached hydrogen (secondary N) is 1. The number of furan rings is 1. The van der Waals surface area contributed by atoms with E-state index in [1.807, 2.05) is 25.1 Å². The highest BCUT2D eigenvalue weighted by atomic mass is 32.1. The van der Waals surface area contributed by atoms with Crippen LogP contribution in [-0.4, -0.2) is 9.97 Å². The number of aryl methyl sites for hydroxylation is 1. The Morgan fingerprint density at radius 1 is 1.54 bits per heavy atom. The maximum Gasteiger partial charge on any atom is 0.197 e. The molecule has 0 atom stereocenters. The second kappa shape index (κ2) is 3.14. The fourth-order valence-electron chi connectivity index (χ4n) is 1.13. The number of hydrogen-bond acceptors (Lipinski definition) is 3. The summed E-state index contributed by atoms with van der Waals surface area (Å²) in [7, 11) is 0. The third kappa shape index (κ3) is 1.67. The lowest BCUT2D eigenvalue weighted by molar-refractivity contribution is 0.579. The van der Waals surface area contributed by atoms with Crippen LogP contribution in [0.4, 0.5) is 0 Å². The lowest BCUT2D eigenvalue weighted by Crippen LogP contribution is -1.88. The molecule has 0 aliphatic heterocycles. The maximum atomic E-state index is 5.21. The van der Waals surface area contributed by atoms with Crippen LogP contribution in [0.25, 0.3) is 11.5 Å². The molecule has 2 rings (SSSR count). The molecule has 4 heteroatoms. The molecule has 0 saturated carbocycles. The lowest BCUT2D eigenvalue weighted by Gasteiger charge is -1.97. The van der Waals surface area contributed by atoms with Crippen LogP contribution in [0.5, 0.6) is 0 Å². The number of rotatable bonds is 1. The molecule has 0 spiro atoms. The van der Waals surface area contributed by atoms with Crippen LogP contribution >= 0.6 is 12.2 Å². The number of aromatic amines is 1. The first-order valence-corrected chi connectivity index (χ1v) is 4.28. The Balaban J connectivity index is 2.59. The van der Waals surface area contributed by atoms with Crippen LogP contribution in [0.15, 0.2) is 28.9 Å². The van der Waals surface area contributed by atoms with Crippen molar-refractivity contribution in [2.24, 2.45) is 0 Å². The van der Waals surface area contributed by atoms with Gasteiger partial charge in [-0.15, -0.1) is 0 Å². The zero-order chi connectivity index (χ0) is 9.26. The maximum absolute atomic E-state index is 5.21. The van der Waals surface area contributed by atoms with Gasteiger partial charge in [0.05, 0.1) is 6.26 Å². The summed E-state index contributed by atoms with van der Waals surface area (Å²) in [6.07, 6.45) is 1.62. The molecule has 3 nitrogen and oxygen atoms in total. The van der Waals surface area contributed by atoms with E-state index in [1.165, 1.54) is 0 Å². The molecule has 1 N–H and O–H groups in total. The zero-order valence-corrected chi connectivity index (χ0v) is 7.89. The van der Waals surface area contributed by atoms with Gasteiger partial charge in [-0.2, -0.15) is 0 Å². The van der Waals surface area contributed by atoms with Gasteiger partial charge in [0.2, 0.25) is 0 Å². The number of H-pyrrole nitrogens is 1. The topological polar surface area (TPSA) is 41.8 Å². The van der Waals surface area contributed by atoms with Gasteiger partial charge in [-0.25, -0.2) is 4.98 Å². The van der Waals surface area contributed by atoms with Gasteiger partial charge in [0, 0.05) is 5.69 Å². The highest BCUT2D eigenvalue weighted by molar-refractivity contribution is 7.71. The van der Waals surface area contributed by atoms with Crippen molar-refractivity contribution < 1.29 is 4.42 Å². The molecule has 0 aliphatic rings. The Kier molecular flexibility index (Phi) is 1.98. The van der Waals surface area contributed by atoms with E-state index in [-0.39, 0.29) is 0 Å². The van der Waals surface area contributed by atoms with E-state index in [9.17, 15) is 0 Å². The molecule has 0 aromatic carbocycles. The average molecular weight is 192 g/mol. The van der Waals surface area contributed by atoms with Gasteiger partial charge in [-0.05, 0) is 37.3 Å². The van der Waals surface area contributed by atoms with Crippen LogP contribution in [0.2, 0.25) is 0 Å². The minimum absolute atomic E-state index is 0.478. The van der Waals surface area contributed by atoms with E-state index in [1.54, 1.807) is 6.26 Å². The van der Waals surface area contributed by atoms with Crippen molar-refractivity contribution in [1.29, 1.82) is 0 Å². The van der Waals surface area contributed by atoms with Crippen molar-refractivity contribution in [2.45, 2.75) is 6.92 Å². The van der Waals surface area contributed by atoms with Gasteiger partial charge in [0.1, 0.15) is 5.69 Å². The molecule has 0 bridgehead atoms. The van der Waals surface area contributed by atoms with E-state index >= 15 is 0 Å². The Hall–Kier alpha value is -1.42. The summed E-state index contributed by atoms with van der Waals surface area (Å²) in [6.45, 7) is 1.93. The van der Waals surface area contributed by atoms with Crippen molar-refractivity contribution in [1.82, 2.24) is 9.97 Å². The summed E-state index contributed by atoms with van der Waals surface area (Å²) in [5.41, 5.74) is 1.75. The molecule has 66 valence electrons. The smallest absolute Gasteiger partial charge is 0.197 e. The normalized spacial score (nSPS) is 10.2. The van der Waals surface area contributed by atoms with Crippen LogP contribution in [0.3, 0.4) is 0 Å². The third-order valence-electron chi connectivity index (χ3n) is 1.65. The predicted octanol–water partition coefficient (Wildman–Crippen LogP) is 2.71. The third-order valence-corrected chi connectivity index (χ3v) is 1.85. The van der Waals surface area contributed by atoms with Gasteiger partial charge < -0.3 is 9.40 Å². The second-order valence-electron chi connectivity index (χ2n) is 2.73. The monoisotopic (exact) mass is 192 g/mol. The fraction of sp³-hybridized carbons (Fsp3) is 0.111. The summed E-state index contributed by atoms with van der Waals surface area (Å²) in [5.74, 6) is 0.739. The van der Waals surface area contributed by atoms with Crippen LogP contribution in [0.1, 0.15) is 5.69 Å². The summed E-state index contributed by atoms with van der Waals surface area (Å²) >= 11 is 4.95. The molecule has 13 heavy (non-hydrogen) atoms. The molecule has 2 aromatic heterocycles.